The number of aromatic carboxylic acids is 1. The number of ether oxygens (including phenoxy) is 2. The minimum Gasteiger partial charge on any atom is -0.478 e. The van der Waals surface area contributed by atoms with Gasteiger partial charge < -0.3 is 19.1 Å². The Morgan fingerprint density at radius 3 is 2.71 bits per heavy atom. The summed E-state index contributed by atoms with van der Waals surface area (Å²) >= 11 is 0. The molecule has 1 N–H and O–H groups in total. The lowest BCUT2D eigenvalue weighted by molar-refractivity contribution is 0.0697. The van der Waals surface area contributed by atoms with Gasteiger partial charge >= 0.3 is 5.97 Å². The summed E-state index contributed by atoms with van der Waals surface area (Å²) in [4.78, 5) is 28.1. The Bertz CT molecular complexity index is 1680. The summed E-state index contributed by atoms with van der Waals surface area (Å²) in [5.74, 6) is 0.989. The van der Waals surface area contributed by atoms with Gasteiger partial charge in [-0.2, -0.15) is 0 Å². The molecule has 0 unspecified atom stereocenters. The standard InChI is InChI=1S/C32H33N5O4/c1-40-17-16-37-29-19-25(32(38)39)9-10-27(29)34-30(37)20-36-14-11-24(12-15-36)26-5-2-6-31(35-26)41-21-22-7-8-23-4-3-13-33-28(23)18-22/h2-10,13,18-19,24H,11-12,14-17,20-21H2,1H3,(H,38,39). The number of nitrogens with zero attached hydrogens (tertiary/aromatic N) is 5. The smallest absolute Gasteiger partial charge is 0.335 e. The second-order valence-corrected chi connectivity index (χ2v) is 10.5. The molecule has 9 nitrogen and oxygen atoms in total. The lowest BCUT2D eigenvalue weighted by Gasteiger charge is -2.31. The van der Waals surface area contributed by atoms with Crippen molar-refractivity contribution in [2.75, 3.05) is 26.8 Å². The lowest BCUT2D eigenvalue weighted by atomic mass is 9.93. The van der Waals surface area contributed by atoms with Crippen LogP contribution in [0.4, 0.5) is 0 Å². The zero-order valence-corrected chi connectivity index (χ0v) is 23.1. The molecule has 9 heteroatoms. The molecule has 1 aliphatic heterocycles. The number of hydrogen-bond donors (Lipinski definition) is 1. The molecule has 1 fully saturated rings. The zero-order valence-electron chi connectivity index (χ0n) is 23.1. The summed E-state index contributed by atoms with van der Waals surface area (Å²) in [6, 6.07) is 21.3. The fourth-order valence-electron chi connectivity index (χ4n) is 5.54. The Kier molecular flexibility index (Phi) is 7.89. The van der Waals surface area contributed by atoms with E-state index in [1.165, 1.54) is 0 Å². The summed E-state index contributed by atoms with van der Waals surface area (Å²) in [5.41, 5.74) is 4.98. The van der Waals surface area contributed by atoms with Crippen molar-refractivity contribution in [2.24, 2.45) is 0 Å². The minimum absolute atomic E-state index is 0.261. The molecule has 5 aromatic rings. The molecule has 4 heterocycles. The third-order valence-corrected chi connectivity index (χ3v) is 7.77. The average molecular weight is 552 g/mol. The van der Waals surface area contributed by atoms with Crippen molar-refractivity contribution in [1.29, 1.82) is 0 Å². The number of carboxylic acid groups (broad SMARTS) is 1. The normalized spacial score (nSPS) is 14.6. The van der Waals surface area contributed by atoms with E-state index in [1.54, 1.807) is 31.5 Å². The minimum atomic E-state index is -0.941. The molecule has 6 rings (SSSR count). The van der Waals surface area contributed by atoms with Crippen molar-refractivity contribution in [1.82, 2.24) is 24.4 Å². The second-order valence-electron chi connectivity index (χ2n) is 10.5. The summed E-state index contributed by atoms with van der Waals surface area (Å²) < 4.78 is 13.5. The lowest BCUT2D eigenvalue weighted by Crippen LogP contribution is -2.33. The fourth-order valence-corrected chi connectivity index (χ4v) is 5.54. The van der Waals surface area contributed by atoms with E-state index in [4.69, 9.17) is 19.4 Å². The van der Waals surface area contributed by atoms with Gasteiger partial charge in [0.1, 0.15) is 12.4 Å². The van der Waals surface area contributed by atoms with Crippen LogP contribution in [0.15, 0.2) is 72.9 Å². The van der Waals surface area contributed by atoms with Crippen molar-refractivity contribution in [3.05, 3.63) is 95.6 Å². The van der Waals surface area contributed by atoms with Crippen LogP contribution in [0.3, 0.4) is 0 Å². The van der Waals surface area contributed by atoms with Gasteiger partial charge in [0.2, 0.25) is 5.88 Å². The molecule has 0 saturated carbocycles. The van der Waals surface area contributed by atoms with Crippen molar-refractivity contribution in [3.8, 4) is 5.88 Å². The molecule has 0 radical (unpaired) electrons. The van der Waals surface area contributed by atoms with E-state index in [0.717, 1.165) is 64.9 Å². The van der Waals surface area contributed by atoms with Crippen LogP contribution in [0.25, 0.3) is 21.9 Å². The molecule has 0 amide bonds. The average Bonchev–Trinajstić information content (AvgIpc) is 3.35. The highest BCUT2D eigenvalue weighted by atomic mass is 16.5. The van der Waals surface area contributed by atoms with Crippen LogP contribution < -0.4 is 4.74 Å². The SMILES string of the molecule is COCCn1c(CN2CCC(c3cccc(OCc4ccc5cccnc5c4)n3)CC2)nc2ccc(C(=O)O)cc21. The maximum atomic E-state index is 11.5. The maximum Gasteiger partial charge on any atom is 0.335 e. The third kappa shape index (κ3) is 6.06. The third-order valence-electron chi connectivity index (χ3n) is 7.77. The number of hydrogen-bond acceptors (Lipinski definition) is 7. The molecule has 0 aliphatic carbocycles. The highest BCUT2D eigenvalue weighted by Crippen LogP contribution is 2.29. The number of fused-ring (bicyclic) bond motifs is 2. The van der Waals surface area contributed by atoms with E-state index >= 15 is 0 Å². The van der Waals surface area contributed by atoms with Crippen LogP contribution in [0, 0.1) is 0 Å². The number of benzene rings is 2. The molecule has 41 heavy (non-hydrogen) atoms. The Balaban J connectivity index is 1.09. The van der Waals surface area contributed by atoms with Gasteiger partial charge in [0, 0.05) is 42.9 Å². The first-order chi connectivity index (χ1) is 20.1. The van der Waals surface area contributed by atoms with E-state index in [2.05, 4.69) is 44.8 Å². The van der Waals surface area contributed by atoms with Gasteiger partial charge in [0.25, 0.3) is 0 Å². The van der Waals surface area contributed by atoms with Gasteiger partial charge in [-0.3, -0.25) is 9.88 Å². The van der Waals surface area contributed by atoms with Crippen LogP contribution in [-0.4, -0.2) is 62.3 Å². The highest BCUT2D eigenvalue weighted by molar-refractivity contribution is 5.92. The Hall–Kier alpha value is -4.34. The van der Waals surface area contributed by atoms with Crippen molar-refractivity contribution >= 4 is 27.9 Å². The van der Waals surface area contributed by atoms with E-state index < -0.39 is 5.97 Å². The number of aromatic nitrogens is 4. The predicted molar refractivity (Wildman–Crippen MR) is 156 cm³/mol. The zero-order chi connectivity index (χ0) is 28.2. The highest BCUT2D eigenvalue weighted by Gasteiger charge is 2.24. The maximum absolute atomic E-state index is 11.5. The van der Waals surface area contributed by atoms with Crippen LogP contribution in [-0.2, 0) is 24.4 Å². The molecule has 0 spiro atoms. The molecule has 1 aliphatic rings. The van der Waals surface area contributed by atoms with Gasteiger partial charge in [0.05, 0.1) is 35.3 Å². The first-order valence-electron chi connectivity index (χ1n) is 13.9. The molecular formula is C32H33N5O4. The van der Waals surface area contributed by atoms with Crippen molar-refractivity contribution in [3.63, 3.8) is 0 Å². The molecule has 3 aromatic heterocycles. The second kappa shape index (κ2) is 12.0. The van der Waals surface area contributed by atoms with E-state index in [1.807, 2.05) is 18.2 Å². The van der Waals surface area contributed by atoms with Crippen LogP contribution >= 0.6 is 0 Å². The number of carboxylic acids is 1. The number of carbonyl (C=O) groups is 1. The van der Waals surface area contributed by atoms with E-state index in [9.17, 15) is 9.90 Å². The summed E-state index contributed by atoms with van der Waals surface area (Å²) in [6.07, 6.45) is 3.79. The van der Waals surface area contributed by atoms with Gasteiger partial charge in [-0.1, -0.05) is 24.3 Å². The Labute approximate surface area is 238 Å². The summed E-state index contributed by atoms with van der Waals surface area (Å²) in [7, 11) is 1.67. The Morgan fingerprint density at radius 1 is 1.00 bits per heavy atom. The molecular weight excluding hydrogens is 518 g/mol. The van der Waals surface area contributed by atoms with Crippen LogP contribution in [0.5, 0.6) is 5.88 Å². The van der Waals surface area contributed by atoms with Gasteiger partial charge in [0.15, 0.2) is 0 Å². The van der Waals surface area contributed by atoms with E-state index in [-0.39, 0.29) is 5.56 Å². The number of piperidine rings is 1. The summed E-state index contributed by atoms with van der Waals surface area (Å²) in [6.45, 7) is 4.14. The molecule has 0 bridgehead atoms. The number of methoxy groups -OCH3 is 1. The first-order valence-corrected chi connectivity index (χ1v) is 13.9. The molecule has 1 saturated heterocycles. The quantitative estimate of drug-likeness (QED) is 0.250. The monoisotopic (exact) mass is 551 g/mol. The predicted octanol–water partition coefficient (Wildman–Crippen LogP) is 5.28. The number of imidazole rings is 1. The summed E-state index contributed by atoms with van der Waals surface area (Å²) in [5, 5.41) is 10.6. The number of likely N-dealkylation sites (tertiary alicyclic amines) is 1. The van der Waals surface area contributed by atoms with Crippen molar-refractivity contribution < 1.29 is 19.4 Å². The van der Waals surface area contributed by atoms with Gasteiger partial charge in [-0.15, -0.1) is 0 Å². The van der Waals surface area contributed by atoms with Crippen LogP contribution in [0.2, 0.25) is 0 Å². The number of pyridine rings is 2. The molecule has 0 atom stereocenters. The first kappa shape index (κ1) is 26.9. The topological polar surface area (TPSA) is 103 Å². The Morgan fingerprint density at radius 2 is 1.88 bits per heavy atom. The molecule has 210 valence electrons. The number of rotatable bonds is 10. The van der Waals surface area contributed by atoms with E-state index in [0.29, 0.717) is 38.1 Å². The molecule has 2 aromatic carbocycles. The van der Waals surface area contributed by atoms with Gasteiger partial charge in [-0.05, 0) is 67.9 Å². The fraction of sp³-hybridized carbons (Fsp3) is 0.312. The van der Waals surface area contributed by atoms with Crippen molar-refractivity contribution in [2.45, 2.75) is 38.5 Å². The van der Waals surface area contributed by atoms with Gasteiger partial charge in [-0.25, -0.2) is 14.8 Å². The van der Waals surface area contributed by atoms with Crippen LogP contribution in [0.1, 0.15) is 46.2 Å². The largest absolute Gasteiger partial charge is 0.478 e.